The molecule has 0 radical (unpaired) electrons. The molecule has 4 heterocycles. The third-order valence-electron chi connectivity index (χ3n) is 5.67. The Balaban J connectivity index is 1.39. The number of benzene rings is 1. The Labute approximate surface area is 201 Å². The number of aryl methyl sites for hydroxylation is 1. The number of nitrogens with one attached hydrogen (secondary N) is 1. The Morgan fingerprint density at radius 3 is 2.60 bits per heavy atom. The van der Waals surface area contributed by atoms with E-state index in [2.05, 4.69) is 20.6 Å². The van der Waals surface area contributed by atoms with Crippen molar-refractivity contribution in [3.05, 3.63) is 78.4 Å². The second kappa shape index (κ2) is 8.46. The van der Waals surface area contributed by atoms with Crippen LogP contribution in [0.2, 0.25) is 0 Å². The predicted octanol–water partition coefficient (Wildman–Crippen LogP) is 3.82. The molecule has 0 atom stereocenters. The Morgan fingerprint density at radius 2 is 1.91 bits per heavy atom. The summed E-state index contributed by atoms with van der Waals surface area (Å²) in [4.78, 5) is 17.3. The molecule has 35 heavy (non-hydrogen) atoms. The van der Waals surface area contributed by atoms with Crippen molar-refractivity contribution >= 4 is 11.4 Å². The molecule has 0 fully saturated rings. The molecule has 1 amide bonds. The molecule has 0 aliphatic heterocycles. The fourth-order valence-electron chi connectivity index (χ4n) is 3.75. The van der Waals surface area contributed by atoms with E-state index < -0.39 is 5.82 Å². The number of amides is 1. The van der Waals surface area contributed by atoms with Crippen molar-refractivity contribution in [3.63, 3.8) is 0 Å². The Morgan fingerprint density at radius 1 is 1.09 bits per heavy atom. The summed E-state index contributed by atoms with van der Waals surface area (Å²) in [7, 11) is 1.83. The molecule has 0 aliphatic rings. The van der Waals surface area contributed by atoms with Gasteiger partial charge in [0.1, 0.15) is 11.5 Å². The Hall–Kier alpha value is -4.34. The fourth-order valence-corrected chi connectivity index (χ4v) is 3.75. The lowest BCUT2D eigenvalue weighted by Gasteiger charge is -2.18. The largest absolute Gasteiger partial charge is 0.346 e. The maximum absolute atomic E-state index is 15.1. The van der Waals surface area contributed by atoms with E-state index in [4.69, 9.17) is 4.98 Å². The van der Waals surface area contributed by atoms with Gasteiger partial charge in [-0.1, -0.05) is 12.1 Å². The molecule has 1 N–H and O–H groups in total. The molecular formula is C25H25FN8O. The molecule has 0 saturated carbocycles. The van der Waals surface area contributed by atoms with Gasteiger partial charge in [-0.15, -0.1) is 0 Å². The van der Waals surface area contributed by atoms with E-state index in [0.29, 0.717) is 22.5 Å². The van der Waals surface area contributed by atoms with Crippen LogP contribution < -0.4 is 5.32 Å². The summed E-state index contributed by atoms with van der Waals surface area (Å²) in [5.41, 5.74) is 3.90. The van der Waals surface area contributed by atoms with Gasteiger partial charge >= 0.3 is 0 Å². The molecule has 1 aromatic carbocycles. The topological polar surface area (TPSA) is 94.9 Å². The lowest BCUT2D eigenvalue weighted by atomic mass is 10.1. The molecule has 0 unspecified atom stereocenters. The quantitative estimate of drug-likeness (QED) is 0.420. The van der Waals surface area contributed by atoms with Crippen molar-refractivity contribution in [2.45, 2.75) is 32.9 Å². The van der Waals surface area contributed by atoms with Crippen LogP contribution in [0.25, 0.3) is 28.0 Å². The lowest BCUT2D eigenvalue weighted by molar-refractivity contribution is 0.0944. The average molecular weight is 473 g/mol. The number of carbonyl (C=O) groups excluding carboxylic acids is 1. The number of aromatic nitrogens is 7. The Kier molecular flexibility index (Phi) is 5.43. The van der Waals surface area contributed by atoms with Crippen molar-refractivity contribution in [1.82, 2.24) is 39.5 Å². The van der Waals surface area contributed by atoms with Crippen molar-refractivity contribution in [2.24, 2.45) is 7.05 Å². The van der Waals surface area contributed by atoms with Crippen molar-refractivity contribution < 1.29 is 9.18 Å². The summed E-state index contributed by atoms with van der Waals surface area (Å²) in [6, 6.07) is 8.36. The molecule has 178 valence electrons. The summed E-state index contributed by atoms with van der Waals surface area (Å²) < 4.78 is 20.2. The monoisotopic (exact) mass is 472 g/mol. The molecular weight excluding hydrogens is 447 g/mol. The van der Waals surface area contributed by atoms with Crippen LogP contribution in [0.1, 0.15) is 36.8 Å². The second-order valence-electron chi connectivity index (χ2n) is 9.34. The van der Waals surface area contributed by atoms with Gasteiger partial charge < -0.3 is 5.32 Å². The minimum absolute atomic E-state index is 0.0402. The highest BCUT2D eigenvalue weighted by atomic mass is 19.1. The molecule has 5 rings (SSSR count). The van der Waals surface area contributed by atoms with Gasteiger partial charge in [-0.05, 0) is 39.0 Å². The lowest BCUT2D eigenvalue weighted by Crippen LogP contribution is -2.26. The van der Waals surface area contributed by atoms with E-state index in [-0.39, 0.29) is 23.7 Å². The molecule has 9 nitrogen and oxygen atoms in total. The maximum Gasteiger partial charge on any atom is 0.272 e. The normalized spacial score (nSPS) is 11.8. The zero-order valence-corrected chi connectivity index (χ0v) is 19.9. The van der Waals surface area contributed by atoms with Gasteiger partial charge in [0.2, 0.25) is 0 Å². The highest BCUT2D eigenvalue weighted by Gasteiger charge is 2.18. The van der Waals surface area contributed by atoms with Crippen LogP contribution in [0.5, 0.6) is 0 Å². The van der Waals surface area contributed by atoms with E-state index in [1.807, 2.05) is 46.3 Å². The van der Waals surface area contributed by atoms with Gasteiger partial charge in [-0.2, -0.15) is 15.3 Å². The van der Waals surface area contributed by atoms with Crippen molar-refractivity contribution in [1.29, 1.82) is 0 Å². The molecule has 4 aromatic heterocycles. The molecule has 10 heteroatoms. The second-order valence-corrected chi connectivity index (χ2v) is 9.34. The molecule has 0 saturated heterocycles. The molecule has 5 aromatic rings. The summed E-state index contributed by atoms with van der Waals surface area (Å²) in [5, 5.41) is 15.6. The zero-order chi connectivity index (χ0) is 24.7. The summed E-state index contributed by atoms with van der Waals surface area (Å²) in [6.07, 6.45) is 8.83. The van der Waals surface area contributed by atoms with Crippen LogP contribution in [-0.4, -0.2) is 40.1 Å². The van der Waals surface area contributed by atoms with E-state index in [1.165, 1.54) is 6.07 Å². The van der Waals surface area contributed by atoms with E-state index >= 15 is 4.39 Å². The predicted molar refractivity (Wildman–Crippen MR) is 129 cm³/mol. The van der Waals surface area contributed by atoms with Crippen LogP contribution in [-0.2, 0) is 19.1 Å². The summed E-state index contributed by atoms with van der Waals surface area (Å²) >= 11 is 0. The number of rotatable bonds is 5. The number of hydrogen-bond acceptors (Lipinski definition) is 5. The summed E-state index contributed by atoms with van der Waals surface area (Å²) in [5.74, 6) is -0.794. The molecule has 0 aliphatic carbocycles. The third-order valence-corrected chi connectivity index (χ3v) is 5.67. The SMILES string of the molecule is Cn1cc(-c2cn3nccc3c(-c3ccc(CNC(=O)c4ccn(C(C)(C)C)n4)c(F)c3)n2)cn1. The summed E-state index contributed by atoms with van der Waals surface area (Å²) in [6.45, 7) is 6.03. The Bertz CT molecular complexity index is 1540. The minimum Gasteiger partial charge on any atom is -0.346 e. The average Bonchev–Trinajstić information content (AvgIpc) is 3.57. The van der Waals surface area contributed by atoms with Crippen LogP contribution in [0, 0.1) is 5.82 Å². The van der Waals surface area contributed by atoms with Gasteiger partial charge in [0.25, 0.3) is 5.91 Å². The number of carbonyl (C=O) groups is 1. The standard InChI is InChI=1S/C25H25FN8O/c1-25(2,3)34-10-8-20(31-34)24(35)27-12-17-6-5-16(11-19(17)26)23-22-7-9-28-33(22)15-21(30-23)18-13-29-32(4)14-18/h5-11,13-15H,12H2,1-4H3,(H,27,35). The number of halogens is 1. The third kappa shape index (κ3) is 4.42. The van der Waals surface area contributed by atoms with E-state index in [9.17, 15) is 4.79 Å². The van der Waals surface area contributed by atoms with E-state index in [1.54, 1.807) is 50.7 Å². The smallest absolute Gasteiger partial charge is 0.272 e. The fraction of sp³-hybridized carbons (Fsp3) is 0.240. The first-order valence-electron chi connectivity index (χ1n) is 11.2. The first-order chi connectivity index (χ1) is 16.7. The van der Waals surface area contributed by atoms with Crippen LogP contribution in [0.15, 0.2) is 61.3 Å². The first-order valence-corrected chi connectivity index (χ1v) is 11.2. The van der Waals surface area contributed by atoms with Gasteiger partial charge in [-0.25, -0.2) is 13.9 Å². The minimum atomic E-state index is -0.436. The van der Waals surface area contributed by atoms with Crippen LogP contribution in [0.3, 0.4) is 0 Å². The number of hydrogen-bond donors (Lipinski definition) is 1. The zero-order valence-electron chi connectivity index (χ0n) is 19.9. The van der Waals surface area contributed by atoms with Gasteiger partial charge in [-0.3, -0.25) is 14.2 Å². The molecule has 0 bridgehead atoms. The van der Waals surface area contributed by atoms with Crippen molar-refractivity contribution in [3.8, 4) is 22.5 Å². The highest BCUT2D eigenvalue weighted by molar-refractivity contribution is 5.92. The van der Waals surface area contributed by atoms with Crippen LogP contribution >= 0.6 is 0 Å². The number of fused-ring (bicyclic) bond motifs is 1. The first kappa shape index (κ1) is 22.5. The van der Waals surface area contributed by atoms with Gasteiger partial charge in [0.05, 0.1) is 41.0 Å². The maximum atomic E-state index is 15.1. The highest BCUT2D eigenvalue weighted by Crippen LogP contribution is 2.28. The van der Waals surface area contributed by atoms with E-state index in [0.717, 1.165) is 11.1 Å². The molecule has 0 spiro atoms. The van der Waals surface area contributed by atoms with Gasteiger partial charge in [0.15, 0.2) is 0 Å². The number of nitrogens with zero attached hydrogens (tertiary/aromatic N) is 7. The van der Waals surface area contributed by atoms with Gasteiger partial charge in [0, 0.05) is 42.7 Å². The van der Waals surface area contributed by atoms with Crippen LogP contribution in [0.4, 0.5) is 4.39 Å². The van der Waals surface area contributed by atoms with Crippen molar-refractivity contribution in [2.75, 3.05) is 0 Å².